The van der Waals surface area contributed by atoms with E-state index in [-0.39, 0.29) is 0 Å². The molecule has 0 aromatic heterocycles. The van der Waals surface area contributed by atoms with Crippen LogP contribution in [0.2, 0.25) is 0 Å². The lowest BCUT2D eigenvalue weighted by Gasteiger charge is -2.12. The summed E-state index contributed by atoms with van der Waals surface area (Å²) in [4.78, 5) is 2.27. The van der Waals surface area contributed by atoms with Gasteiger partial charge in [0.2, 0.25) is 0 Å². The third-order valence-electron chi connectivity index (χ3n) is 1.78. The van der Waals surface area contributed by atoms with Crippen LogP contribution in [0, 0.1) is 6.07 Å². The molecule has 1 heteroatoms. The summed E-state index contributed by atoms with van der Waals surface area (Å²) in [6.45, 7) is 4.29. The minimum Gasteiger partial charge on any atom is -0.302 e. The standard InChI is InChI=1S/C10H14N/c1-3-11(2)9-10-7-5-4-6-8-10/h5-8H,3,9H2,1-2H3. The Balaban J connectivity index is 2.51. The maximum absolute atomic E-state index is 3.01. The molecule has 1 radical (unpaired) electrons. The van der Waals surface area contributed by atoms with Crippen molar-refractivity contribution in [2.75, 3.05) is 13.6 Å². The molecule has 0 aliphatic carbocycles. The van der Waals surface area contributed by atoms with Gasteiger partial charge < -0.3 is 4.90 Å². The van der Waals surface area contributed by atoms with Crippen molar-refractivity contribution in [1.82, 2.24) is 4.90 Å². The van der Waals surface area contributed by atoms with E-state index in [1.807, 2.05) is 12.1 Å². The van der Waals surface area contributed by atoms with Crippen molar-refractivity contribution < 1.29 is 0 Å². The number of rotatable bonds is 3. The monoisotopic (exact) mass is 148 g/mol. The smallest absolute Gasteiger partial charge is 0.0230 e. The topological polar surface area (TPSA) is 3.24 Å². The molecule has 0 unspecified atom stereocenters. The van der Waals surface area contributed by atoms with Crippen LogP contribution in [-0.2, 0) is 6.54 Å². The molecule has 0 aliphatic heterocycles. The summed E-state index contributed by atoms with van der Waals surface area (Å²) in [6, 6.07) is 11.1. The van der Waals surface area contributed by atoms with Gasteiger partial charge in [0.15, 0.2) is 0 Å². The van der Waals surface area contributed by atoms with E-state index >= 15 is 0 Å². The molecule has 11 heavy (non-hydrogen) atoms. The molecule has 1 aromatic carbocycles. The van der Waals surface area contributed by atoms with Gasteiger partial charge in [0.05, 0.1) is 0 Å². The Kier molecular flexibility index (Phi) is 3.12. The first kappa shape index (κ1) is 8.28. The molecular weight excluding hydrogens is 134 g/mol. The minimum atomic E-state index is 1.03. The van der Waals surface area contributed by atoms with Crippen LogP contribution in [0.1, 0.15) is 12.5 Å². The van der Waals surface area contributed by atoms with Gasteiger partial charge in [-0.2, -0.15) is 0 Å². The number of benzene rings is 1. The van der Waals surface area contributed by atoms with Crippen LogP contribution in [0.25, 0.3) is 0 Å². The Labute approximate surface area is 68.7 Å². The Morgan fingerprint density at radius 1 is 1.36 bits per heavy atom. The molecule has 0 aliphatic rings. The lowest BCUT2D eigenvalue weighted by atomic mass is 10.2. The molecule has 0 amide bonds. The SMILES string of the molecule is CCN(C)Cc1cc[c]cc1. The van der Waals surface area contributed by atoms with Crippen molar-refractivity contribution in [2.24, 2.45) is 0 Å². The first-order valence-corrected chi connectivity index (χ1v) is 3.96. The summed E-state index contributed by atoms with van der Waals surface area (Å²) >= 11 is 0. The molecule has 0 spiro atoms. The molecule has 1 aromatic rings. The quantitative estimate of drug-likeness (QED) is 0.633. The van der Waals surface area contributed by atoms with Crippen LogP contribution < -0.4 is 0 Å². The predicted octanol–water partition coefficient (Wildman–Crippen LogP) is 1.94. The molecule has 0 N–H and O–H groups in total. The number of hydrogen-bond acceptors (Lipinski definition) is 1. The Morgan fingerprint density at radius 2 is 2.00 bits per heavy atom. The first-order valence-electron chi connectivity index (χ1n) is 3.96. The zero-order chi connectivity index (χ0) is 8.10. The van der Waals surface area contributed by atoms with Gasteiger partial charge in [0.1, 0.15) is 0 Å². The first-order chi connectivity index (χ1) is 5.33. The van der Waals surface area contributed by atoms with E-state index in [4.69, 9.17) is 0 Å². The van der Waals surface area contributed by atoms with Crippen LogP contribution in [0.4, 0.5) is 0 Å². The van der Waals surface area contributed by atoms with E-state index in [0.717, 1.165) is 13.1 Å². The molecular formula is C10H14N. The molecule has 0 saturated heterocycles. The van der Waals surface area contributed by atoms with Gasteiger partial charge in [-0.15, -0.1) is 0 Å². The zero-order valence-electron chi connectivity index (χ0n) is 7.17. The number of nitrogens with zero attached hydrogens (tertiary/aromatic N) is 1. The average molecular weight is 148 g/mol. The summed E-state index contributed by atoms with van der Waals surface area (Å²) in [6.07, 6.45) is 0. The Morgan fingerprint density at radius 3 is 2.55 bits per heavy atom. The highest BCUT2D eigenvalue weighted by Gasteiger charge is 1.94. The molecule has 0 fully saturated rings. The lowest BCUT2D eigenvalue weighted by molar-refractivity contribution is 0.346. The third-order valence-corrected chi connectivity index (χ3v) is 1.78. The second-order valence-corrected chi connectivity index (χ2v) is 2.74. The summed E-state index contributed by atoms with van der Waals surface area (Å²) in [5.74, 6) is 0. The van der Waals surface area contributed by atoms with Crippen molar-refractivity contribution >= 4 is 0 Å². The van der Waals surface area contributed by atoms with Crippen molar-refractivity contribution in [2.45, 2.75) is 13.5 Å². The van der Waals surface area contributed by atoms with E-state index in [9.17, 15) is 0 Å². The molecule has 0 saturated carbocycles. The van der Waals surface area contributed by atoms with Crippen molar-refractivity contribution in [3.05, 3.63) is 35.9 Å². The molecule has 59 valence electrons. The fourth-order valence-corrected chi connectivity index (χ4v) is 0.950. The average Bonchev–Trinajstić information content (AvgIpc) is 2.06. The predicted molar refractivity (Wildman–Crippen MR) is 47.3 cm³/mol. The Hall–Kier alpha value is -0.820. The second-order valence-electron chi connectivity index (χ2n) is 2.74. The van der Waals surface area contributed by atoms with Crippen LogP contribution in [-0.4, -0.2) is 18.5 Å². The van der Waals surface area contributed by atoms with Gasteiger partial charge in [-0.3, -0.25) is 0 Å². The van der Waals surface area contributed by atoms with Gasteiger partial charge in [-0.05, 0) is 25.2 Å². The summed E-state index contributed by atoms with van der Waals surface area (Å²) in [5.41, 5.74) is 1.35. The fourth-order valence-electron chi connectivity index (χ4n) is 0.950. The zero-order valence-corrected chi connectivity index (χ0v) is 7.17. The minimum absolute atomic E-state index is 1.03. The Bertz CT molecular complexity index is 193. The van der Waals surface area contributed by atoms with E-state index in [1.54, 1.807) is 0 Å². The molecule has 1 nitrogen and oxygen atoms in total. The summed E-state index contributed by atoms with van der Waals surface area (Å²) in [7, 11) is 2.12. The second kappa shape index (κ2) is 4.14. The molecule has 0 heterocycles. The summed E-state index contributed by atoms with van der Waals surface area (Å²) in [5, 5.41) is 0. The van der Waals surface area contributed by atoms with E-state index in [1.165, 1.54) is 5.56 Å². The van der Waals surface area contributed by atoms with Crippen LogP contribution in [0.5, 0.6) is 0 Å². The normalized spacial score (nSPS) is 10.5. The van der Waals surface area contributed by atoms with E-state index in [2.05, 4.69) is 37.1 Å². The van der Waals surface area contributed by atoms with Crippen molar-refractivity contribution in [1.29, 1.82) is 0 Å². The van der Waals surface area contributed by atoms with Gasteiger partial charge in [-0.1, -0.05) is 31.2 Å². The highest BCUT2D eigenvalue weighted by Crippen LogP contribution is 2.00. The molecule has 0 atom stereocenters. The largest absolute Gasteiger partial charge is 0.302 e. The van der Waals surface area contributed by atoms with Crippen molar-refractivity contribution in [3.63, 3.8) is 0 Å². The van der Waals surface area contributed by atoms with Gasteiger partial charge >= 0.3 is 0 Å². The van der Waals surface area contributed by atoms with Crippen LogP contribution in [0.3, 0.4) is 0 Å². The maximum Gasteiger partial charge on any atom is 0.0230 e. The summed E-state index contributed by atoms with van der Waals surface area (Å²) < 4.78 is 0. The van der Waals surface area contributed by atoms with Gasteiger partial charge in [0, 0.05) is 6.54 Å². The van der Waals surface area contributed by atoms with Gasteiger partial charge in [0.25, 0.3) is 0 Å². The third kappa shape index (κ3) is 2.72. The fraction of sp³-hybridized carbons (Fsp3) is 0.400. The lowest BCUT2D eigenvalue weighted by Crippen LogP contribution is -2.16. The van der Waals surface area contributed by atoms with Gasteiger partial charge in [-0.25, -0.2) is 0 Å². The highest BCUT2D eigenvalue weighted by molar-refractivity contribution is 5.13. The van der Waals surface area contributed by atoms with Crippen LogP contribution >= 0.6 is 0 Å². The molecule has 0 bridgehead atoms. The van der Waals surface area contributed by atoms with E-state index in [0.29, 0.717) is 0 Å². The number of hydrogen-bond donors (Lipinski definition) is 0. The van der Waals surface area contributed by atoms with Crippen molar-refractivity contribution in [3.8, 4) is 0 Å². The van der Waals surface area contributed by atoms with E-state index < -0.39 is 0 Å². The molecule has 1 rings (SSSR count). The highest BCUT2D eigenvalue weighted by atomic mass is 15.1. The van der Waals surface area contributed by atoms with Crippen LogP contribution in [0.15, 0.2) is 24.3 Å². The maximum atomic E-state index is 3.01.